The molecule has 0 radical (unpaired) electrons. The zero-order chi connectivity index (χ0) is 12.8. The van der Waals surface area contributed by atoms with Crippen molar-refractivity contribution in [2.75, 3.05) is 11.9 Å². The average molecular weight is 233 g/mol. The minimum absolute atomic E-state index is 0.109. The van der Waals surface area contributed by atoms with E-state index in [9.17, 15) is 0 Å². The van der Waals surface area contributed by atoms with Gasteiger partial charge >= 0.3 is 0 Å². The first-order valence-corrected chi connectivity index (χ1v) is 5.77. The van der Waals surface area contributed by atoms with Gasteiger partial charge in [0, 0.05) is 19.3 Å². The Hall–Kier alpha value is -1.76. The van der Waals surface area contributed by atoms with Gasteiger partial charge in [0.05, 0.1) is 18.6 Å². The molecular weight excluding hydrogens is 214 g/mol. The van der Waals surface area contributed by atoms with Gasteiger partial charge in [0.25, 0.3) is 0 Å². The monoisotopic (exact) mass is 233 g/mol. The quantitative estimate of drug-likeness (QED) is 0.784. The first-order chi connectivity index (χ1) is 8.06. The van der Waals surface area contributed by atoms with Crippen LogP contribution in [0.5, 0.6) is 5.75 Å². The minimum atomic E-state index is 0.109. The number of nitrogens with zero attached hydrogens (tertiary/aromatic N) is 3. The Labute approximate surface area is 103 Å². The molecule has 0 saturated carbocycles. The fourth-order valence-corrected chi connectivity index (χ4v) is 1.47. The normalized spacial score (nSPS) is 12.0. The summed E-state index contributed by atoms with van der Waals surface area (Å²) in [7, 11) is 1.93. The van der Waals surface area contributed by atoms with E-state index in [1.165, 1.54) is 0 Å². The molecule has 1 aromatic heterocycles. The van der Waals surface area contributed by atoms with Gasteiger partial charge < -0.3 is 9.64 Å². The molecule has 0 aliphatic rings. The molecule has 0 aliphatic heterocycles. The zero-order valence-electron chi connectivity index (χ0n) is 10.8. The summed E-state index contributed by atoms with van der Waals surface area (Å²) in [5, 5.41) is 8.72. The summed E-state index contributed by atoms with van der Waals surface area (Å²) in [5.41, 5.74) is 0. The Morgan fingerprint density at radius 1 is 1.47 bits per heavy atom. The Bertz CT molecular complexity index is 398. The Balaban J connectivity index is 2.92. The van der Waals surface area contributed by atoms with E-state index in [0.29, 0.717) is 6.42 Å². The second-order valence-corrected chi connectivity index (χ2v) is 4.31. The topological polar surface area (TPSA) is 49.1 Å². The molecule has 1 aromatic rings. The van der Waals surface area contributed by atoms with Crippen molar-refractivity contribution in [3.8, 4) is 11.8 Å². The number of hydrogen-bond donors (Lipinski definition) is 0. The van der Waals surface area contributed by atoms with Crippen molar-refractivity contribution in [1.82, 2.24) is 4.98 Å². The van der Waals surface area contributed by atoms with Crippen LogP contribution in [0, 0.1) is 11.3 Å². The lowest BCUT2D eigenvalue weighted by molar-refractivity contribution is 0.242. The Morgan fingerprint density at radius 3 is 2.76 bits per heavy atom. The SMILES string of the molecule is CC(C)Oc1cccnc1N(C)C(C)CC#N. The predicted octanol–water partition coefficient (Wildman–Crippen LogP) is 2.61. The molecule has 4 heteroatoms. The van der Waals surface area contributed by atoms with Crippen molar-refractivity contribution in [3.05, 3.63) is 18.3 Å². The van der Waals surface area contributed by atoms with Gasteiger partial charge in [-0.05, 0) is 32.9 Å². The van der Waals surface area contributed by atoms with Crippen molar-refractivity contribution in [3.63, 3.8) is 0 Å². The van der Waals surface area contributed by atoms with Gasteiger partial charge in [-0.1, -0.05) is 0 Å². The lowest BCUT2D eigenvalue weighted by Gasteiger charge is -2.26. The molecule has 1 atom stereocenters. The van der Waals surface area contributed by atoms with Crippen LogP contribution >= 0.6 is 0 Å². The van der Waals surface area contributed by atoms with Crippen LogP contribution < -0.4 is 9.64 Å². The van der Waals surface area contributed by atoms with E-state index < -0.39 is 0 Å². The molecule has 0 aromatic carbocycles. The maximum absolute atomic E-state index is 8.72. The molecule has 17 heavy (non-hydrogen) atoms. The lowest BCUT2D eigenvalue weighted by Crippen LogP contribution is -2.29. The van der Waals surface area contributed by atoms with Gasteiger partial charge in [-0.15, -0.1) is 0 Å². The number of ether oxygens (including phenoxy) is 1. The smallest absolute Gasteiger partial charge is 0.171 e. The predicted molar refractivity (Wildman–Crippen MR) is 68.1 cm³/mol. The molecule has 1 rings (SSSR count). The van der Waals surface area contributed by atoms with Crippen LogP contribution in [0.15, 0.2) is 18.3 Å². The van der Waals surface area contributed by atoms with Crippen LogP contribution in [0.4, 0.5) is 5.82 Å². The standard InChI is InChI=1S/C13H19N3O/c1-10(2)17-12-6-5-9-15-13(12)16(4)11(3)7-8-14/h5-6,9-11H,7H2,1-4H3. The highest BCUT2D eigenvalue weighted by Crippen LogP contribution is 2.27. The highest BCUT2D eigenvalue weighted by molar-refractivity contribution is 5.52. The number of hydrogen-bond acceptors (Lipinski definition) is 4. The highest BCUT2D eigenvalue weighted by atomic mass is 16.5. The summed E-state index contributed by atoms with van der Waals surface area (Å²) < 4.78 is 5.71. The maximum atomic E-state index is 8.72. The molecular formula is C13H19N3O. The van der Waals surface area contributed by atoms with Gasteiger partial charge in [0.2, 0.25) is 0 Å². The van der Waals surface area contributed by atoms with E-state index >= 15 is 0 Å². The summed E-state index contributed by atoms with van der Waals surface area (Å²) in [5.74, 6) is 1.54. The van der Waals surface area contributed by atoms with Crippen LogP contribution in [-0.2, 0) is 0 Å². The number of pyridine rings is 1. The molecule has 4 nitrogen and oxygen atoms in total. The summed E-state index contributed by atoms with van der Waals surface area (Å²) in [6.45, 7) is 5.96. The van der Waals surface area contributed by atoms with Crippen molar-refractivity contribution < 1.29 is 4.74 Å². The molecule has 0 spiro atoms. The molecule has 0 amide bonds. The fourth-order valence-electron chi connectivity index (χ4n) is 1.47. The van der Waals surface area contributed by atoms with Gasteiger partial charge in [0.1, 0.15) is 0 Å². The third-order valence-electron chi connectivity index (χ3n) is 2.50. The van der Waals surface area contributed by atoms with Crippen LogP contribution in [-0.4, -0.2) is 24.2 Å². The van der Waals surface area contributed by atoms with Crippen LogP contribution in [0.3, 0.4) is 0 Å². The number of rotatable bonds is 5. The minimum Gasteiger partial charge on any atom is -0.487 e. The second-order valence-electron chi connectivity index (χ2n) is 4.31. The molecule has 0 N–H and O–H groups in total. The summed E-state index contributed by atoms with van der Waals surface area (Å²) in [6, 6.07) is 6.04. The Kier molecular flexibility index (Phi) is 4.77. The van der Waals surface area contributed by atoms with Gasteiger partial charge in [0.15, 0.2) is 11.6 Å². The summed E-state index contributed by atoms with van der Waals surface area (Å²) >= 11 is 0. The van der Waals surface area contributed by atoms with Crippen LogP contribution in [0.25, 0.3) is 0 Å². The van der Waals surface area contributed by atoms with E-state index in [1.54, 1.807) is 6.20 Å². The van der Waals surface area contributed by atoms with E-state index in [4.69, 9.17) is 10.00 Å². The molecule has 0 fully saturated rings. The maximum Gasteiger partial charge on any atom is 0.171 e. The number of aromatic nitrogens is 1. The van der Waals surface area contributed by atoms with E-state index in [2.05, 4.69) is 11.1 Å². The lowest BCUT2D eigenvalue weighted by atomic mass is 10.2. The molecule has 0 aliphatic carbocycles. The summed E-state index contributed by atoms with van der Waals surface area (Å²) in [4.78, 5) is 6.30. The first-order valence-electron chi connectivity index (χ1n) is 5.77. The van der Waals surface area contributed by atoms with E-state index in [0.717, 1.165) is 11.6 Å². The molecule has 1 unspecified atom stereocenters. The first kappa shape index (κ1) is 13.3. The third-order valence-corrected chi connectivity index (χ3v) is 2.50. The molecule has 0 bridgehead atoms. The van der Waals surface area contributed by atoms with Gasteiger partial charge in [-0.25, -0.2) is 4.98 Å². The van der Waals surface area contributed by atoms with Crippen molar-refractivity contribution in [2.45, 2.75) is 39.3 Å². The highest BCUT2D eigenvalue weighted by Gasteiger charge is 2.15. The largest absolute Gasteiger partial charge is 0.487 e. The zero-order valence-corrected chi connectivity index (χ0v) is 10.8. The third kappa shape index (κ3) is 3.63. The van der Waals surface area contributed by atoms with Crippen LogP contribution in [0.1, 0.15) is 27.2 Å². The average Bonchev–Trinajstić information content (AvgIpc) is 2.28. The number of nitriles is 1. The van der Waals surface area contributed by atoms with E-state index in [-0.39, 0.29) is 12.1 Å². The molecule has 1 heterocycles. The second kappa shape index (κ2) is 6.09. The molecule has 0 saturated heterocycles. The van der Waals surface area contributed by atoms with Crippen molar-refractivity contribution in [1.29, 1.82) is 5.26 Å². The van der Waals surface area contributed by atoms with E-state index in [1.807, 2.05) is 44.9 Å². The van der Waals surface area contributed by atoms with Gasteiger partial charge in [-0.3, -0.25) is 0 Å². The van der Waals surface area contributed by atoms with Crippen molar-refractivity contribution in [2.24, 2.45) is 0 Å². The van der Waals surface area contributed by atoms with Crippen LogP contribution in [0.2, 0.25) is 0 Å². The van der Waals surface area contributed by atoms with Crippen molar-refractivity contribution >= 4 is 5.82 Å². The van der Waals surface area contributed by atoms with Gasteiger partial charge in [-0.2, -0.15) is 5.26 Å². The fraction of sp³-hybridized carbons (Fsp3) is 0.538. The molecule has 92 valence electrons. The number of anilines is 1. The summed E-state index contributed by atoms with van der Waals surface area (Å²) in [6.07, 6.45) is 2.31. The Morgan fingerprint density at radius 2 is 2.18 bits per heavy atom.